The van der Waals surface area contributed by atoms with E-state index in [1.54, 1.807) is 30.4 Å². The van der Waals surface area contributed by atoms with Crippen LogP contribution in [0, 0.1) is 11.6 Å². The summed E-state index contributed by atoms with van der Waals surface area (Å²) in [6.07, 6.45) is 4.27. The monoisotopic (exact) mass is 357 g/mol. The summed E-state index contributed by atoms with van der Waals surface area (Å²) in [6.45, 7) is 0. The molecular formula is C19H13F2NO2S. The summed E-state index contributed by atoms with van der Waals surface area (Å²) in [5.41, 5.74) is 0.850. The molecule has 3 rings (SSSR count). The van der Waals surface area contributed by atoms with Crippen molar-refractivity contribution in [2.24, 2.45) is 0 Å². The van der Waals surface area contributed by atoms with Gasteiger partial charge in [0, 0.05) is 11.8 Å². The Hall–Kier alpha value is -2.86. The van der Waals surface area contributed by atoms with Crippen LogP contribution in [0.1, 0.15) is 11.3 Å². The molecule has 0 saturated heterocycles. The fourth-order valence-electron chi connectivity index (χ4n) is 2.22. The third-order valence-corrected chi connectivity index (χ3v) is 5.31. The van der Waals surface area contributed by atoms with Crippen LogP contribution in [0.4, 0.5) is 8.78 Å². The average molecular weight is 357 g/mol. The van der Waals surface area contributed by atoms with E-state index in [4.69, 9.17) is 0 Å². The Labute approximate surface area is 144 Å². The number of aromatic nitrogens is 1. The minimum Gasteiger partial charge on any atom is -0.256 e. The van der Waals surface area contributed by atoms with Crippen molar-refractivity contribution in [3.8, 4) is 0 Å². The highest BCUT2D eigenvalue weighted by Gasteiger charge is 2.21. The first kappa shape index (κ1) is 17.0. The molecule has 0 fully saturated rings. The number of hydrogen-bond acceptors (Lipinski definition) is 3. The molecule has 0 N–H and O–H groups in total. The van der Waals surface area contributed by atoms with Gasteiger partial charge in [0.25, 0.3) is 0 Å². The number of hydrogen-bond donors (Lipinski definition) is 0. The van der Waals surface area contributed by atoms with Crippen molar-refractivity contribution >= 4 is 22.0 Å². The Kier molecular flexibility index (Phi) is 4.72. The number of nitrogens with zero attached hydrogens (tertiary/aromatic N) is 1. The van der Waals surface area contributed by atoms with Crippen LogP contribution in [0.25, 0.3) is 12.2 Å². The van der Waals surface area contributed by atoms with E-state index in [0.717, 1.165) is 12.3 Å². The van der Waals surface area contributed by atoms with Gasteiger partial charge in [-0.25, -0.2) is 17.2 Å². The zero-order valence-corrected chi connectivity index (χ0v) is 13.7. The average Bonchev–Trinajstić information content (AvgIpc) is 2.61. The summed E-state index contributed by atoms with van der Waals surface area (Å²) in [6, 6.07) is 14.2. The minimum atomic E-state index is -3.98. The molecule has 0 amide bonds. The Morgan fingerprint density at radius 1 is 0.800 bits per heavy atom. The van der Waals surface area contributed by atoms with E-state index in [1.807, 2.05) is 0 Å². The number of benzene rings is 2. The summed E-state index contributed by atoms with van der Waals surface area (Å²) in [5, 5.41) is 0. The fourth-order valence-corrected chi connectivity index (χ4v) is 3.50. The first-order valence-electron chi connectivity index (χ1n) is 7.37. The number of rotatable bonds is 4. The quantitative estimate of drug-likeness (QED) is 0.697. The zero-order chi connectivity index (χ0) is 17.9. The van der Waals surface area contributed by atoms with Gasteiger partial charge in [-0.15, -0.1) is 0 Å². The maximum absolute atomic E-state index is 13.8. The molecule has 3 nitrogen and oxygen atoms in total. The molecule has 126 valence electrons. The van der Waals surface area contributed by atoms with Crippen molar-refractivity contribution in [1.29, 1.82) is 0 Å². The molecule has 0 bridgehead atoms. The fraction of sp³-hybridized carbons (Fsp3) is 0. The number of halogens is 2. The largest absolute Gasteiger partial charge is 0.256 e. The second kappa shape index (κ2) is 6.94. The predicted octanol–water partition coefficient (Wildman–Crippen LogP) is 4.36. The Morgan fingerprint density at radius 2 is 1.48 bits per heavy atom. The predicted molar refractivity (Wildman–Crippen MR) is 91.4 cm³/mol. The summed E-state index contributed by atoms with van der Waals surface area (Å²) in [5.74, 6) is -1.18. The van der Waals surface area contributed by atoms with E-state index in [0.29, 0.717) is 11.3 Å². The van der Waals surface area contributed by atoms with E-state index in [-0.39, 0.29) is 10.7 Å². The molecular weight excluding hydrogens is 344 g/mol. The Morgan fingerprint density at radius 3 is 2.12 bits per heavy atom. The Bertz CT molecular complexity index is 1030. The van der Waals surface area contributed by atoms with Crippen LogP contribution < -0.4 is 0 Å². The van der Waals surface area contributed by atoms with Gasteiger partial charge in [0.1, 0.15) is 16.5 Å². The van der Waals surface area contributed by atoms with Gasteiger partial charge in [0.2, 0.25) is 9.84 Å². The van der Waals surface area contributed by atoms with E-state index in [9.17, 15) is 17.2 Å². The van der Waals surface area contributed by atoms with Crippen LogP contribution in [-0.2, 0) is 9.84 Å². The van der Waals surface area contributed by atoms with Crippen molar-refractivity contribution in [1.82, 2.24) is 4.98 Å². The highest BCUT2D eigenvalue weighted by atomic mass is 32.2. The molecule has 2 aromatic carbocycles. The van der Waals surface area contributed by atoms with Crippen molar-refractivity contribution in [3.05, 3.63) is 89.8 Å². The van der Waals surface area contributed by atoms with Crippen molar-refractivity contribution in [2.75, 3.05) is 0 Å². The van der Waals surface area contributed by atoms with E-state index < -0.39 is 20.5 Å². The van der Waals surface area contributed by atoms with E-state index in [1.165, 1.54) is 36.4 Å². The maximum Gasteiger partial charge on any atom is 0.211 e. The summed E-state index contributed by atoms with van der Waals surface area (Å²) < 4.78 is 52.2. The zero-order valence-electron chi connectivity index (χ0n) is 12.9. The lowest BCUT2D eigenvalue weighted by molar-refractivity contribution is 0.566. The molecule has 3 aromatic rings. The molecule has 0 aliphatic rings. The minimum absolute atomic E-state index is 0.111. The summed E-state index contributed by atoms with van der Waals surface area (Å²) in [7, 11) is -3.98. The molecule has 0 unspecified atom stereocenters. The molecule has 0 spiro atoms. The van der Waals surface area contributed by atoms with Crippen LogP contribution in [0.3, 0.4) is 0 Å². The highest BCUT2D eigenvalue weighted by Crippen LogP contribution is 2.23. The third-order valence-electron chi connectivity index (χ3n) is 3.53. The van der Waals surface area contributed by atoms with Crippen LogP contribution in [0.5, 0.6) is 0 Å². The molecule has 0 atom stereocenters. The van der Waals surface area contributed by atoms with Gasteiger partial charge in [0.15, 0.2) is 0 Å². The van der Waals surface area contributed by atoms with Crippen molar-refractivity contribution in [2.45, 2.75) is 9.79 Å². The van der Waals surface area contributed by atoms with Gasteiger partial charge < -0.3 is 0 Å². The van der Waals surface area contributed by atoms with E-state index >= 15 is 0 Å². The van der Waals surface area contributed by atoms with E-state index in [2.05, 4.69) is 4.98 Å². The van der Waals surface area contributed by atoms with Crippen LogP contribution in [0.15, 0.2) is 76.7 Å². The summed E-state index contributed by atoms with van der Waals surface area (Å²) >= 11 is 0. The topological polar surface area (TPSA) is 47.0 Å². The lowest BCUT2D eigenvalue weighted by atomic mass is 10.2. The standard InChI is InChI=1S/C19H13F2NO2S/c20-17-6-2-1-5-14(17)9-10-15-11-12-16(13-22-15)25(23,24)19-8-4-3-7-18(19)21/h1-13H/b10-9+. The van der Waals surface area contributed by atoms with Gasteiger partial charge in [-0.3, -0.25) is 4.98 Å². The summed E-state index contributed by atoms with van der Waals surface area (Å²) in [4.78, 5) is 3.53. The van der Waals surface area contributed by atoms with Crippen LogP contribution in [-0.4, -0.2) is 13.4 Å². The molecule has 1 heterocycles. The maximum atomic E-state index is 13.8. The molecule has 0 aliphatic heterocycles. The number of sulfone groups is 1. The van der Waals surface area contributed by atoms with Gasteiger partial charge in [-0.2, -0.15) is 0 Å². The molecule has 0 radical (unpaired) electrons. The first-order valence-corrected chi connectivity index (χ1v) is 8.85. The second-order valence-electron chi connectivity index (χ2n) is 5.21. The third kappa shape index (κ3) is 3.64. The van der Waals surface area contributed by atoms with Gasteiger partial charge >= 0.3 is 0 Å². The molecule has 1 aromatic heterocycles. The lowest BCUT2D eigenvalue weighted by Gasteiger charge is -2.05. The SMILES string of the molecule is O=S(=O)(c1ccc(/C=C/c2ccccc2F)nc1)c1ccccc1F. The normalized spacial score (nSPS) is 11.8. The van der Waals surface area contributed by atoms with Gasteiger partial charge in [-0.05, 0) is 42.5 Å². The van der Waals surface area contributed by atoms with Crippen LogP contribution in [0.2, 0.25) is 0 Å². The lowest BCUT2D eigenvalue weighted by Crippen LogP contribution is -2.05. The van der Waals surface area contributed by atoms with Gasteiger partial charge in [0.05, 0.1) is 10.6 Å². The Balaban J connectivity index is 1.88. The number of pyridine rings is 1. The molecule has 0 saturated carbocycles. The van der Waals surface area contributed by atoms with Crippen molar-refractivity contribution in [3.63, 3.8) is 0 Å². The van der Waals surface area contributed by atoms with Crippen molar-refractivity contribution < 1.29 is 17.2 Å². The van der Waals surface area contributed by atoms with Gasteiger partial charge in [-0.1, -0.05) is 30.3 Å². The smallest absolute Gasteiger partial charge is 0.211 e. The second-order valence-corrected chi connectivity index (χ2v) is 7.13. The van der Waals surface area contributed by atoms with Crippen LogP contribution >= 0.6 is 0 Å². The highest BCUT2D eigenvalue weighted by molar-refractivity contribution is 7.91. The molecule has 25 heavy (non-hydrogen) atoms. The first-order chi connectivity index (χ1) is 12.0. The molecule has 0 aliphatic carbocycles. The molecule has 6 heteroatoms.